The van der Waals surface area contributed by atoms with Crippen LogP contribution in [0.2, 0.25) is 0 Å². The second-order valence-corrected chi connectivity index (χ2v) is 10.3. The first-order chi connectivity index (χ1) is 35.0. The number of benzene rings is 9. The summed E-state index contributed by atoms with van der Waals surface area (Å²) in [6, 6.07) is -26.1. The quantitative estimate of drug-likeness (QED) is 0.178. The van der Waals surface area contributed by atoms with Gasteiger partial charge in [-0.25, -0.2) is 0 Å². The molecule has 0 bridgehead atoms. The van der Waals surface area contributed by atoms with Crippen LogP contribution in [0.3, 0.4) is 0 Å². The first-order valence-electron chi connectivity index (χ1n) is 27.9. The van der Waals surface area contributed by atoms with E-state index >= 15 is 0 Å². The highest BCUT2D eigenvalue weighted by atomic mass is 16.3. The molecule has 218 valence electrons. The SMILES string of the molecule is [2H]c1c([2H])c(-c2c([2H])c([2H])c3oc4c([2H])c([2H])c5c([2H])c([2H])c([2H])c([2H])c5c4c3c2[2H])c([2H])c(-c2c3c([2H])c([2H])c([2H])c([2H])c3c(-c3c([2H])c([2H])c([2H])c4c([2H])c([2H])c([2H])c([2H])c34)c3c([2H])c([2H])c([2H])c([2H])c23)c1[2H]. The van der Waals surface area contributed by atoms with E-state index in [1.807, 2.05) is 0 Å². The third kappa shape index (κ3) is 3.97. The molecule has 0 saturated heterocycles. The highest BCUT2D eigenvalue weighted by Gasteiger charge is 2.18. The zero-order chi connectivity index (χ0) is 55.3. The van der Waals surface area contributed by atoms with Crippen molar-refractivity contribution in [2.75, 3.05) is 0 Å². The Morgan fingerprint density at radius 3 is 1.62 bits per heavy atom. The van der Waals surface area contributed by atoms with Gasteiger partial charge < -0.3 is 4.42 Å². The van der Waals surface area contributed by atoms with E-state index in [4.69, 9.17) is 27.7 Å². The molecule has 1 aromatic heterocycles. The van der Waals surface area contributed by atoms with E-state index in [0.29, 0.717) is 0 Å². The van der Waals surface area contributed by atoms with Gasteiger partial charge in [0.05, 0.1) is 38.4 Å². The zero-order valence-corrected chi connectivity index (χ0v) is 23.4. The molecule has 0 N–H and O–H groups in total. The lowest BCUT2D eigenvalue weighted by molar-refractivity contribution is 0.669. The molecule has 0 amide bonds. The van der Waals surface area contributed by atoms with E-state index in [1.165, 1.54) is 0 Å². The van der Waals surface area contributed by atoms with Crippen LogP contribution in [0, 0.1) is 0 Å². The maximum atomic E-state index is 9.93. The molecule has 0 aliphatic rings. The maximum absolute atomic E-state index is 9.93. The van der Waals surface area contributed by atoms with Crippen molar-refractivity contribution in [3.8, 4) is 33.4 Å². The molecule has 0 atom stereocenters. The highest BCUT2D eigenvalue weighted by Crippen LogP contribution is 2.46. The summed E-state index contributed by atoms with van der Waals surface area (Å²) in [6.07, 6.45) is 0. The number of hydrogen-bond donors (Lipinski definition) is 0. The molecular weight excluding hydrogens is 569 g/mol. The van der Waals surface area contributed by atoms with Gasteiger partial charge in [0.1, 0.15) is 11.2 Å². The van der Waals surface area contributed by atoms with Crippen molar-refractivity contribution < 1.29 is 42.8 Å². The van der Waals surface area contributed by atoms with Crippen LogP contribution in [0.15, 0.2) is 174 Å². The number of hydrogen-bond acceptors (Lipinski definition) is 1. The molecule has 1 heteroatoms. The van der Waals surface area contributed by atoms with E-state index in [2.05, 4.69) is 0 Å². The predicted molar refractivity (Wildman–Crippen MR) is 200 cm³/mol. The minimum atomic E-state index is -1.10. The Balaban J connectivity index is 1.49. The van der Waals surface area contributed by atoms with Crippen molar-refractivity contribution in [3.05, 3.63) is 169 Å². The van der Waals surface area contributed by atoms with Crippen LogP contribution in [0.1, 0.15) is 38.4 Å². The van der Waals surface area contributed by atoms with Gasteiger partial charge in [0.15, 0.2) is 0 Å². The lowest BCUT2D eigenvalue weighted by Gasteiger charge is -2.19. The smallest absolute Gasteiger partial charge is 0.136 e. The van der Waals surface area contributed by atoms with Crippen molar-refractivity contribution in [3.63, 3.8) is 0 Å². The highest BCUT2D eigenvalue weighted by molar-refractivity contribution is 6.24. The van der Waals surface area contributed by atoms with E-state index < -0.39 is 268 Å². The summed E-state index contributed by atoms with van der Waals surface area (Å²) < 4.78 is 258. The lowest BCUT2D eigenvalue weighted by atomic mass is 9.84. The first kappa shape index (κ1) is 10.7. The van der Waals surface area contributed by atoms with Crippen molar-refractivity contribution in [1.82, 2.24) is 0 Å². The Morgan fingerprint density at radius 2 is 0.872 bits per heavy atom. The average molecular weight is 625 g/mol. The average Bonchev–Trinajstić information content (AvgIpc) is 3.79. The van der Waals surface area contributed by atoms with Crippen molar-refractivity contribution in [2.45, 2.75) is 0 Å². The summed E-state index contributed by atoms with van der Waals surface area (Å²) >= 11 is 0. The van der Waals surface area contributed by atoms with Crippen LogP contribution < -0.4 is 0 Å². The molecule has 47 heavy (non-hydrogen) atoms. The van der Waals surface area contributed by atoms with Gasteiger partial charge in [0.25, 0.3) is 0 Å². The molecular formula is C46H28O. The molecule has 0 aliphatic carbocycles. The Labute approximate surface area is 311 Å². The minimum Gasteiger partial charge on any atom is -0.456 e. The summed E-state index contributed by atoms with van der Waals surface area (Å²) in [7, 11) is 0. The fourth-order valence-electron chi connectivity index (χ4n) is 5.80. The van der Waals surface area contributed by atoms with Crippen molar-refractivity contribution >= 4 is 65.0 Å². The van der Waals surface area contributed by atoms with Crippen molar-refractivity contribution in [2.24, 2.45) is 0 Å². The standard InChI is InChI=1S/C46H28O/c1-3-16-34-29(11-1)13-10-22-36(34)45-39-20-7-5-18-37(39)44(38-19-6-8-21-40(38)45)33-15-9-14-31(27-33)32-24-25-42-41(28-32)46-35-17-4-2-12-30(35)23-26-43(46)47-42/h1-28H/i1D,2D,3D,4D,5D,6D,7D,8D,9D,10D,11D,12D,13D,14D,15D,16D,17D,18D,19D,20D,21D,22D,23D,24D,25D,26D,27D,28D. The van der Waals surface area contributed by atoms with Crippen LogP contribution in [-0.4, -0.2) is 0 Å². The van der Waals surface area contributed by atoms with Crippen LogP contribution in [0.5, 0.6) is 0 Å². The monoisotopic (exact) mass is 624 g/mol. The zero-order valence-electron chi connectivity index (χ0n) is 51.4. The third-order valence-corrected chi connectivity index (χ3v) is 7.76. The van der Waals surface area contributed by atoms with Crippen LogP contribution in [0.25, 0.3) is 98.4 Å². The molecule has 0 saturated carbocycles. The maximum Gasteiger partial charge on any atom is 0.136 e. The van der Waals surface area contributed by atoms with Gasteiger partial charge in [-0.05, 0) is 101 Å². The number of fused-ring (bicyclic) bond motifs is 8. The van der Waals surface area contributed by atoms with Crippen LogP contribution >= 0.6 is 0 Å². The summed E-state index contributed by atoms with van der Waals surface area (Å²) in [4.78, 5) is 0. The summed E-state index contributed by atoms with van der Waals surface area (Å²) in [5, 5.41) is -6.16. The molecule has 10 rings (SSSR count). The Hall–Kier alpha value is -6.18. The van der Waals surface area contributed by atoms with Gasteiger partial charge >= 0.3 is 0 Å². The lowest BCUT2D eigenvalue weighted by Crippen LogP contribution is -1.92. The molecule has 0 aliphatic heterocycles. The molecule has 1 nitrogen and oxygen atoms in total. The normalized spacial score (nSPS) is 20.2. The van der Waals surface area contributed by atoms with E-state index in [1.54, 1.807) is 0 Å². The van der Waals surface area contributed by atoms with E-state index in [9.17, 15) is 15.1 Å². The molecule has 0 unspecified atom stereocenters. The first-order valence-corrected chi connectivity index (χ1v) is 13.9. The van der Waals surface area contributed by atoms with Gasteiger partial charge in [0.2, 0.25) is 0 Å². The second kappa shape index (κ2) is 10.2. The Bertz CT molecular complexity index is 4350. The minimum absolute atomic E-state index is 0.394. The van der Waals surface area contributed by atoms with Crippen LogP contribution in [-0.2, 0) is 0 Å². The molecule has 0 radical (unpaired) electrons. The largest absolute Gasteiger partial charge is 0.456 e. The van der Waals surface area contributed by atoms with Gasteiger partial charge in [-0.15, -0.1) is 0 Å². The van der Waals surface area contributed by atoms with Gasteiger partial charge in [-0.2, -0.15) is 0 Å². The summed E-state index contributed by atoms with van der Waals surface area (Å²) in [6.45, 7) is 0. The molecule has 10 aromatic rings. The fourth-order valence-corrected chi connectivity index (χ4v) is 5.80. The van der Waals surface area contributed by atoms with Gasteiger partial charge in [0, 0.05) is 10.8 Å². The molecule has 0 spiro atoms. The Kier molecular flexibility index (Phi) is 2.31. The van der Waals surface area contributed by atoms with Gasteiger partial charge in [-0.1, -0.05) is 145 Å². The Morgan fingerprint density at radius 1 is 0.340 bits per heavy atom. The van der Waals surface area contributed by atoms with E-state index in [0.717, 1.165) is 0 Å². The number of rotatable bonds is 3. The topological polar surface area (TPSA) is 13.1 Å². The fraction of sp³-hybridized carbons (Fsp3) is 0. The van der Waals surface area contributed by atoms with E-state index in [-0.39, 0.29) is 0 Å². The van der Waals surface area contributed by atoms with Gasteiger partial charge in [-0.3, -0.25) is 0 Å². The molecule has 9 aromatic carbocycles. The third-order valence-electron chi connectivity index (χ3n) is 7.76. The number of furan rings is 1. The predicted octanol–water partition coefficient (Wildman–Crippen LogP) is 13.2. The summed E-state index contributed by atoms with van der Waals surface area (Å²) in [5.74, 6) is 0. The molecule has 1 heterocycles. The van der Waals surface area contributed by atoms with Crippen LogP contribution in [0.4, 0.5) is 0 Å². The van der Waals surface area contributed by atoms with Crippen molar-refractivity contribution in [1.29, 1.82) is 0 Å². The second-order valence-electron chi connectivity index (χ2n) is 10.3. The summed E-state index contributed by atoms with van der Waals surface area (Å²) in [5.41, 5.74) is -5.99. The molecule has 0 fully saturated rings.